The van der Waals surface area contributed by atoms with Crippen molar-refractivity contribution in [2.45, 2.75) is 12.6 Å². The van der Waals surface area contributed by atoms with E-state index in [1.54, 1.807) is 30.3 Å². The maximum Gasteiger partial charge on any atom is 0.247 e. The zero-order chi connectivity index (χ0) is 18.5. The number of halogens is 1. The van der Waals surface area contributed by atoms with Gasteiger partial charge in [-0.25, -0.2) is 4.39 Å². The number of nitrogens with one attached hydrogen (secondary N) is 1. The lowest BCUT2D eigenvalue weighted by Crippen LogP contribution is -2.43. The lowest BCUT2D eigenvalue weighted by molar-refractivity contribution is -0.137. The number of para-hydroxylation sites is 1. The fourth-order valence-corrected chi connectivity index (χ4v) is 2.91. The Labute approximate surface area is 151 Å². The van der Waals surface area contributed by atoms with Gasteiger partial charge in [-0.2, -0.15) is 0 Å². The molecule has 0 saturated carbocycles. The molecule has 0 aromatic heterocycles. The lowest BCUT2D eigenvalue weighted by Gasteiger charge is -2.28. The third kappa shape index (κ3) is 3.74. The van der Waals surface area contributed by atoms with Gasteiger partial charge in [0.1, 0.15) is 24.2 Å². The van der Waals surface area contributed by atoms with Crippen molar-refractivity contribution in [3.8, 4) is 5.75 Å². The van der Waals surface area contributed by atoms with Gasteiger partial charge in [-0.3, -0.25) is 9.59 Å². The van der Waals surface area contributed by atoms with Crippen LogP contribution in [-0.2, 0) is 16.1 Å². The minimum atomic E-state index is -0.820. The fraction of sp³-hybridized carbons (Fsp3) is 0.200. The van der Waals surface area contributed by atoms with Crippen LogP contribution in [0.3, 0.4) is 0 Å². The van der Waals surface area contributed by atoms with E-state index in [0.29, 0.717) is 17.9 Å². The maximum atomic E-state index is 13.0. The van der Waals surface area contributed by atoms with Crippen molar-refractivity contribution in [3.63, 3.8) is 0 Å². The van der Waals surface area contributed by atoms with E-state index >= 15 is 0 Å². The zero-order valence-corrected chi connectivity index (χ0v) is 14.2. The number of nitrogens with zero attached hydrogens (tertiary/aromatic N) is 1. The van der Waals surface area contributed by atoms with Gasteiger partial charge < -0.3 is 15.0 Å². The number of hydrogen-bond donors (Lipinski definition) is 1. The Morgan fingerprint density at radius 1 is 1.23 bits per heavy atom. The SMILES string of the molecule is C=CC(=O)N1CCOc2ccccc2C1C(=O)NCc1ccc(F)cc1. The molecule has 1 aliphatic heterocycles. The average Bonchev–Trinajstić information content (AvgIpc) is 2.86. The van der Waals surface area contributed by atoms with Crippen LogP contribution >= 0.6 is 0 Å². The second-order valence-electron chi connectivity index (χ2n) is 5.87. The summed E-state index contributed by atoms with van der Waals surface area (Å²) in [7, 11) is 0. The highest BCUT2D eigenvalue weighted by atomic mass is 19.1. The van der Waals surface area contributed by atoms with Gasteiger partial charge >= 0.3 is 0 Å². The molecule has 5 nitrogen and oxygen atoms in total. The molecule has 0 radical (unpaired) electrons. The van der Waals surface area contributed by atoms with Crippen LogP contribution in [0.4, 0.5) is 4.39 Å². The first kappa shape index (κ1) is 17.7. The molecule has 1 N–H and O–H groups in total. The predicted octanol–water partition coefficient (Wildman–Crippen LogP) is 2.59. The molecular weight excluding hydrogens is 335 g/mol. The molecule has 0 bridgehead atoms. The monoisotopic (exact) mass is 354 g/mol. The number of ether oxygens (including phenoxy) is 1. The van der Waals surface area contributed by atoms with Crippen LogP contribution in [0.5, 0.6) is 5.75 Å². The van der Waals surface area contributed by atoms with Gasteiger partial charge in [-0.05, 0) is 29.8 Å². The quantitative estimate of drug-likeness (QED) is 0.859. The van der Waals surface area contributed by atoms with Crippen molar-refractivity contribution in [3.05, 3.63) is 78.1 Å². The summed E-state index contributed by atoms with van der Waals surface area (Å²) < 4.78 is 18.7. The number of amides is 2. The highest BCUT2D eigenvalue weighted by Crippen LogP contribution is 2.32. The summed E-state index contributed by atoms with van der Waals surface area (Å²) in [4.78, 5) is 26.6. The first-order valence-electron chi connectivity index (χ1n) is 8.27. The molecule has 3 rings (SSSR count). The van der Waals surface area contributed by atoms with Crippen molar-refractivity contribution in [1.29, 1.82) is 0 Å². The van der Waals surface area contributed by atoms with E-state index in [2.05, 4.69) is 11.9 Å². The van der Waals surface area contributed by atoms with Gasteiger partial charge in [-0.1, -0.05) is 36.9 Å². The molecule has 134 valence electrons. The number of carbonyl (C=O) groups excluding carboxylic acids is 2. The topological polar surface area (TPSA) is 58.6 Å². The number of rotatable bonds is 4. The Kier molecular flexibility index (Phi) is 5.31. The fourth-order valence-electron chi connectivity index (χ4n) is 2.91. The van der Waals surface area contributed by atoms with Gasteiger partial charge in [-0.15, -0.1) is 0 Å². The molecule has 0 saturated heterocycles. The molecule has 0 fully saturated rings. The Bertz CT molecular complexity index is 820. The zero-order valence-electron chi connectivity index (χ0n) is 14.2. The molecule has 0 spiro atoms. The molecule has 1 unspecified atom stereocenters. The first-order valence-corrected chi connectivity index (χ1v) is 8.27. The van der Waals surface area contributed by atoms with Gasteiger partial charge in [0.2, 0.25) is 11.8 Å². The molecule has 6 heteroatoms. The summed E-state index contributed by atoms with van der Waals surface area (Å²) in [6, 6.07) is 12.2. The van der Waals surface area contributed by atoms with E-state index in [1.807, 2.05) is 6.07 Å². The number of benzene rings is 2. The highest BCUT2D eigenvalue weighted by molar-refractivity contribution is 5.93. The highest BCUT2D eigenvalue weighted by Gasteiger charge is 2.34. The summed E-state index contributed by atoms with van der Waals surface area (Å²) in [6.45, 7) is 4.31. The van der Waals surface area contributed by atoms with E-state index in [4.69, 9.17) is 4.74 Å². The van der Waals surface area contributed by atoms with Crippen LogP contribution in [0.2, 0.25) is 0 Å². The molecule has 26 heavy (non-hydrogen) atoms. The van der Waals surface area contributed by atoms with Crippen molar-refractivity contribution in [1.82, 2.24) is 10.2 Å². The van der Waals surface area contributed by atoms with E-state index in [-0.39, 0.29) is 30.7 Å². The number of carbonyl (C=O) groups is 2. The third-order valence-corrected chi connectivity index (χ3v) is 4.20. The normalized spacial score (nSPS) is 16.0. The predicted molar refractivity (Wildman–Crippen MR) is 94.8 cm³/mol. The van der Waals surface area contributed by atoms with Crippen LogP contribution in [0.25, 0.3) is 0 Å². The maximum absolute atomic E-state index is 13.0. The van der Waals surface area contributed by atoms with Crippen LogP contribution in [0, 0.1) is 5.82 Å². The molecule has 2 amide bonds. The standard InChI is InChI=1S/C20H19FN2O3/c1-2-18(24)23-11-12-26-17-6-4-3-5-16(17)19(23)20(25)22-13-14-7-9-15(21)10-8-14/h2-10,19H,1,11-13H2,(H,22,25). The van der Waals surface area contributed by atoms with Crippen molar-refractivity contribution < 1.29 is 18.7 Å². The Morgan fingerprint density at radius 2 is 1.96 bits per heavy atom. The Balaban J connectivity index is 1.86. The van der Waals surface area contributed by atoms with Crippen LogP contribution in [-0.4, -0.2) is 29.9 Å². The minimum Gasteiger partial charge on any atom is -0.491 e. The van der Waals surface area contributed by atoms with Gasteiger partial charge in [0, 0.05) is 12.1 Å². The Hall–Kier alpha value is -3.15. The summed E-state index contributed by atoms with van der Waals surface area (Å²) in [6.07, 6.45) is 1.19. The van der Waals surface area contributed by atoms with Crippen LogP contribution in [0.15, 0.2) is 61.2 Å². The van der Waals surface area contributed by atoms with E-state index in [1.165, 1.54) is 23.1 Å². The second-order valence-corrected chi connectivity index (χ2v) is 5.87. The largest absolute Gasteiger partial charge is 0.491 e. The molecule has 1 aliphatic rings. The summed E-state index contributed by atoms with van der Waals surface area (Å²) in [5.41, 5.74) is 1.39. The number of fused-ring (bicyclic) bond motifs is 1. The summed E-state index contributed by atoms with van der Waals surface area (Å²) >= 11 is 0. The lowest BCUT2D eigenvalue weighted by atomic mass is 10.0. The van der Waals surface area contributed by atoms with Crippen molar-refractivity contribution >= 4 is 11.8 Å². The van der Waals surface area contributed by atoms with E-state index in [9.17, 15) is 14.0 Å². The van der Waals surface area contributed by atoms with E-state index in [0.717, 1.165) is 5.56 Å². The second kappa shape index (κ2) is 7.82. The number of hydrogen-bond acceptors (Lipinski definition) is 3. The van der Waals surface area contributed by atoms with Crippen molar-refractivity contribution in [2.24, 2.45) is 0 Å². The van der Waals surface area contributed by atoms with E-state index < -0.39 is 6.04 Å². The van der Waals surface area contributed by atoms with Gasteiger partial charge in [0.05, 0.1) is 6.54 Å². The van der Waals surface area contributed by atoms with Gasteiger partial charge in [0.25, 0.3) is 0 Å². The third-order valence-electron chi connectivity index (χ3n) is 4.20. The van der Waals surface area contributed by atoms with Crippen LogP contribution in [0.1, 0.15) is 17.2 Å². The average molecular weight is 354 g/mol. The summed E-state index contributed by atoms with van der Waals surface area (Å²) in [5.74, 6) is -0.429. The molecule has 1 atom stereocenters. The Morgan fingerprint density at radius 3 is 2.69 bits per heavy atom. The first-order chi connectivity index (χ1) is 12.6. The van der Waals surface area contributed by atoms with Crippen molar-refractivity contribution in [2.75, 3.05) is 13.2 Å². The molecule has 0 aliphatic carbocycles. The summed E-state index contributed by atoms with van der Waals surface area (Å²) in [5, 5.41) is 2.82. The molecular formula is C20H19FN2O3. The molecule has 2 aromatic carbocycles. The minimum absolute atomic E-state index is 0.231. The van der Waals surface area contributed by atoms with Crippen LogP contribution < -0.4 is 10.1 Å². The smallest absolute Gasteiger partial charge is 0.247 e. The van der Waals surface area contributed by atoms with Gasteiger partial charge in [0.15, 0.2) is 0 Å². The molecule has 2 aromatic rings. The molecule has 1 heterocycles.